The summed E-state index contributed by atoms with van der Waals surface area (Å²) in [6, 6.07) is 7.95. The highest BCUT2D eigenvalue weighted by atomic mass is 32.2. The zero-order chi connectivity index (χ0) is 19.0. The van der Waals surface area contributed by atoms with E-state index in [2.05, 4.69) is 14.9 Å². The summed E-state index contributed by atoms with van der Waals surface area (Å²) in [7, 11) is -1.18. The molecule has 1 aliphatic rings. The normalized spacial score (nSPS) is 16.1. The summed E-state index contributed by atoms with van der Waals surface area (Å²) in [5, 5.41) is 0. The van der Waals surface area contributed by atoms with Crippen LogP contribution in [0.2, 0.25) is 0 Å². The Labute approximate surface area is 158 Å². The molecule has 3 heterocycles. The van der Waals surface area contributed by atoms with Gasteiger partial charge in [0.15, 0.2) is 5.82 Å². The van der Waals surface area contributed by atoms with Gasteiger partial charge in [-0.15, -0.1) is 0 Å². The molecule has 0 bridgehead atoms. The third-order valence-electron chi connectivity index (χ3n) is 4.96. The van der Waals surface area contributed by atoms with Gasteiger partial charge in [0.2, 0.25) is 10.0 Å². The topological polar surface area (TPSA) is 84.2 Å². The second-order valence-corrected chi connectivity index (χ2v) is 8.79. The fraction of sp³-hybridized carbons (Fsp3) is 0.389. The highest BCUT2D eigenvalue weighted by Crippen LogP contribution is 2.24. The number of para-hydroxylation sites is 2. The first-order valence-electron chi connectivity index (χ1n) is 8.96. The van der Waals surface area contributed by atoms with Crippen molar-refractivity contribution in [2.75, 3.05) is 36.8 Å². The molecule has 3 aromatic rings. The highest BCUT2D eigenvalue weighted by Gasteiger charge is 2.26. The van der Waals surface area contributed by atoms with Gasteiger partial charge in [-0.1, -0.05) is 12.1 Å². The molecule has 8 nitrogen and oxygen atoms in total. The van der Waals surface area contributed by atoms with E-state index in [0.29, 0.717) is 31.9 Å². The van der Waals surface area contributed by atoms with E-state index in [1.807, 2.05) is 35.9 Å². The number of aryl methyl sites for hydroxylation is 1. The molecule has 1 saturated heterocycles. The van der Waals surface area contributed by atoms with Crippen molar-refractivity contribution in [3.8, 4) is 11.5 Å². The minimum Gasteiger partial charge on any atom is -0.353 e. The number of sulfonamides is 1. The lowest BCUT2D eigenvalue weighted by Gasteiger charge is -2.34. The Balaban J connectivity index is 1.59. The van der Waals surface area contributed by atoms with Crippen LogP contribution < -0.4 is 4.90 Å². The SMILES string of the molecule is CCS(=O)(=O)N1CCN(c2cncc(-c3nc4ccccc4n3C)n2)CC1. The van der Waals surface area contributed by atoms with Crippen molar-refractivity contribution in [3.63, 3.8) is 0 Å². The fourth-order valence-electron chi connectivity index (χ4n) is 3.37. The molecule has 2 aromatic heterocycles. The van der Waals surface area contributed by atoms with Gasteiger partial charge < -0.3 is 9.47 Å². The van der Waals surface area contributed by atoms with Gasteiger partial charge in [0.05, 0.1) is 29.2 Å². The number of aromatic nitrogens is 4. The highest BCUT2D eigenvalue weighted by molar-refractivity contribution is 7.89. The second kappa shape index (κ2) is 6.90. The Bertz CT molecular complexity index is 1070. The zero-order valence-corrected chi connectivity index (χ0v) is 16.2. The first kappa shape index (κ1) is 17.9. The van der Waals surface area contributed by atoms with Crippen LogP contribution in [0, 0.1) is 0 Å². The Kier molecular flexibility index (Phi) is 4.56. The number of hydrogen-bond donors (Lipinski definition) is 0. The third kappa shape index (κ3) is 3.28. The van der Waals surface area contributed by atoms with Crippen LogP contribution in [0.15, 0.2) is 36.7 Å². The maximum atomic E-state index is 12.0. The van der Waals surface area contributed by atoms with E-state index in [1.165, 1.54) is 0 Å². The van der Waals surface area contributed by atoms with Crippen molar-refractivity contribution >= 4 is 26.9 Å². The summed E-state index contributed by atoms with van der Waals surface area (Å²) in [6.07, 6.45) is 3.43. The minimum atomic E-state index is -3.14. The summed E-state index contributed by atoms with van der Waals surface area (Å²) in [6.45, 7) is 3.80. The quantitative estimate of drug-likeness (QED) is 0.676. The van der Waals surface area contributed by atoms with Gasteiger partial charge in [-0.3, -0.25) is 4.98 Å². The molecule has 1 aromatic carbocycles. The molecule has 4 rings (SSSR count). The summed E-state index contributed by atoms with van der Waals surface area (Å²) >= 11 is 0. The number of benzene rings is 1. The third-order valence-corrected chi connectivity index (χ3v) is 6.84. The summed E-state index contributed by atoms with van der Waals surface area (Å²) in [5.74, 6) is 1.64. The van der Waals surface area contributed by atoms with Crippen LogP contribution in [0.25, 0.3) is 22.6 Å². The van der Waals surface area contributed by atoms with Crippen molar-refractivity contribution in [2.45, 2.75) is 6.92 Å². The first-order valence-corrected chi connectivity index (χ1v) is 10.6. The van der Waals surface area contributed by atoms with Crippen LogP contribution in [0.3, 0.4) is 0 Å². The van der Waals surface area contributed by atoms with Crippen molar-refractivity contribution in [3.05, 3.63) is 36.7 Å². The Morgan fingerprint density at radius 3 is 2.48 bits per heavy atom. The van der Waals surface area contributed by atoms with Gasteiger partial charge in [-0.2, -0.15) is 4.31 Å². The lowest BCUT2D eigenvalue weighted by atomic mass is 10.3. The molecule has 0 radical (unpaired) electrons. The van der Waals surface area contributed by atoms with E-state index >= 15 is 0 Å². The van der Waals surface area contributed by atoms with Crippen LogP contribution in [0.4, 0.5) is 5.82 Å². The lowest BCUT2D eigenvalue weighted by molar-refractivity contribution is 0.384. The van der Waals surface area contributed by atoms with Gasteiger partial charge in [0.25, 0.3) is 0 Å². The molecule has 142 valence electrons. The molecular formula is C18H22N6O2S. The summed E-state index contributed by atoms with van der Waals surface area (Å²) in [5.41, 5.74) is 2.66. The second-order valence-electron chi connectivity index (χ2n) is 6.53. The van der Waals surface area contributed by atoms with E-state index < -0.39 is 10.0 Å². The molecule has 1 fully saturated rings. The molecular weight excluding hydrogens is 364 g/mol. The molecule has 0 saturated carbocycles. The van der Waals surface area contributed by atoms with Gasteiger partial charge >= 0.3 is 0 Å². The zero-order valence-electron chi connectivity index (χ0n) is 15.4. The molecule has 1 aliphatic heterocycles. The minimum absolute atomic E-state index is 0.134. The molecule has 27 heavy (non-hydrogen) atoms. The van der Waals surface area contributed by atoms with E-state index in [4.69, 9.17) is 4.98 Å². The van der Waals surface area contributed by atoms with Gasteiger partial charge in [0.1, 0.15) is 11.5 Å². The Morgan fingerprint density at radius 1 is 1.04 bits per heavy atom. The van der Waals surface area contributed by atoms with Gasteiger partial charge in [-0.25, -0.2) is 18.4 Å². The monoisotopic (exact) mass is 386 g/mol. The average Bonchev–Trinajstić information content (AvgIpc) is 3.05. The van der Waals surface area contributed by atoms with Crippen molar-refractivity contribution in [1.82, 2.24) is 23.8 Å². The van der Waals surface area contributed by atoms with Gasteiger partial charge in [-0.05, 0) is 19.1 Å². The van der Waals surface area contributed by atoms with Crippen LogP contribution >= 0.6 is 0 Å². The first-order chi connectivity index (χ1) is 13.0. The van der Waals surface area contributed by atoms with E-state index in [0.717, 1.165) is 22.7 Å². The number of fused-ring (bicyclic) bond motifs is 1. The average molecular weight is 386 g/mol. The molecule has 0 atom stereocenters. The number of nitrogens with zero attached hydrogens (tertiary/aromatic N) is 6. The number of rotatable bonds is 4. The maximum Gasteiger partial charge on any atom is 0.213 e. The van der Waals surface area contributed by atoms with Crippen molar-refractivity contribution < 1.29 is 8.42 Å². The Hall–Kier alpha value is -2.52. The Morgan fingerprint density at radius 2 is 1.78 bits per heavy atom. The number of piperazine rings is 1. The number of imidazole rings is 1. The van der Waals surface area contributed by atoms with Crippen LogP contribution in [0.5, 0.6) is 0 Å². The molecule has 0 unspecified atom stereocenters. The van der Waals surface area contributed by atoms with Crippen LogP contribution in [0.1, 0.15) is 6.92 Å². The standard InChI is InChI=1S/C18H22N6O2S/c1-3-27(25,26)24-10-8-23(9-11-24)17-13-19-12-15(20-17)18-21-14-6-4-5-7-16(14)22(18)2/h4-7,12-13H,3,8-11H2,1-2H3. The molecule has 0 aliphatic carbocycles. The number of anilines is 1. The summed E-state index contributed by atoms with van der Waals surface area (Å²) < 4.78 is 27.6. The fourth-order valence-corrected chi connectivity index (χ4v) is 4.45. The predicted octanol–water partition coefficient (Wildman–Crippen LogP) is 1.50. The largest absolute Gasteiger partial charge is 0.353 e. The lowest BCUT2D eigenvalue weighted by Crippen LogP contribution is -2.49. The predicted molar refractivity (Wildman–Crippen MR) is 105 cm³/mol. The van der Waals surface area contributed by atoms with Crippen LogP contribution in [-0.4, -0.2) is 64.2 Å². The van der Waals surface area contributed by atoms with Crippen LogP contribution in [-0.2, 0) is 17.1 Å². The number of hydrogen-bond acceptors (Lipinski definition) is 6. The van der Waals surface area contributed by atoms with Gasteiger partial charge in [0, 0.05) is 33.2 Å². The summed E-state index contributed by atoms with van der Waals surface area (Å²) in [4.78, 5) is 15.8. The van der Waals surface area contributed by atoms with E-state index in [9.17, 15) is 8.42 Å². The molecule has 0 N–H and O–H groups in total. The van der Waals surface area contributed by atoms with E-state index in [-0.39, 0.29) is 5.75 Å². The van der Waals surface area contributed by atoms with Crippen molar-refractivity contribution in [1.29, 1.82) is 0 Å². The molecule has 0 amide bonds. The van der Waals surface area contributed by atoms with E-state index in [1.54, 1.807) is 23.6 Å². The van der Waals surface area contributed by atoms with Crippen molar-refractivity contribution in [2.24, 2.45) is 7.05 Å². The molecule has 0 spiro atoms. The maximum absolute atomic E-state index is 12.0. The smallest absolute Gasteiger partial charge is 0.213 e. The molecule has 9 heteroatoms.